The SMILES string of the molecule is CN(Cc1nccn1C(F)F)C(=O)COc1ccc(F)cc1F. The first-order valence-corrected chi connectivity index (χ1v) is 6.50. The van der Waals surface area contributed by atoms with Crippen LogP contribution in [-0.2, 0) is 11.3 Å². The predicted molar refractivity (Wildman–Crippen MR) is 71.8 cm³/mol. The monoisotopic (exact) mass is 331 g/mol. The molecule has 0 aliphatic heterocycles. The van der Waals surface area contributed by atoms with Crippen molar-refractivity contribution < 1.29 is 27.1 Å². The first-order chi connectivity index (χ1) is 10.9. The molecule has 9 heteroatoms. The average Bonchev–Trinajstić information content (AvgIpc) is 2.94. The van der Waals surface area contributed by atoms with Gasteiger partial charge in [0, 0.05) is 25.5 Å². The van der Waals surface area contributed by atoms with Gasteiger partial charge in [-0.2, -0.15) is 8.78 Å². The number of benzene rings is 1. The van der Waals surface area contributed by atoms with Gasteiger partial charge in [0.15, 0.2) is 18.2 Å². The number of imidazole rings is 1. The van der Waals surface area contributed by atoms with Gasteiger partial charge < -0.3 is 9.64 Å². The van der Waals surface area contributed by atoms with Crippen molar-refractivity contribution in [3.63, 3.8) is 0 Å². The summed E-state index contributed by atoms with van der Waals surface area (Å²) >= 11 is 0. The summed E-state index contributed by atoms with van der Waals surface area (Å²) in [5.41, 5.74) is 0. The number of carbonyl (C=O) groups is 1. The number of nitrogens with zero attached hydrogens (tertiary/aromatic N) is 3. The number of carbonyl (C=O) groups excluding carboxylic acids is 1. The van der Waals surface area contributed by atoms with E-state index in [9.17, 15) is 22.4 Å². The Balaban J connectivity index is 1.93. The maximum atomic E-state index is 13.4. The highest BCUT2D eigenvalue weighted by Gasteiger charge is 2.17. The van der Waals surface area contributed by atoms with E-state index in [-0.39, 0.29) is 18.1 Å². The van der Waals surface area contributed by atoms with Crippen LogP contribution in [0.1, 0.15) is 12.4 Å². The van der Waals surface area contributed by atoms with Gasteiger partial charge in [-0.15, -0.1) is 0 Å². The summed E-state index contributed by atoms with van der Waals surface area (Å²) in [6.45, 7) is -3.44. The Morgan fingerprint density at radius 1 is 1.39 bits per heavy atom. The van der Waals surface area contributed by atoms with Gasteiger partial charge in [0.2, 0.25) is 0 Å². The number of rotatable bonds is 6. The van der Waals surface area contributed by atoms with Crippen molar-refractivity contribution in [2.24, 2.45) is 0 Å². The first-order valence-electron chi connectivity index (χ1n) is 6.50. The fourth-order valence-corrected chi connectivity index (χ4v) is 1.79. The summed E-state index contributed by atoms with van der Waals surface area (Å²) in [6.07, 6.45) is 2.30. The van der Waals surface area contributed by atoms with Gasteiger partial charge >= 0.3 is 6.55 Å². The van der Waals surface area contributed by atoms with Crippen LogP contribution in [0.25, 0.3) is 0 Å². The van der Waals surface area contributed by atoms with Crippen molar-refractivity contribution in [1.29, 1.82) is 0 Å². The molecule has 0 saturated carbocycles. The van der Waals surface area contributed by atoms with Crippen LogP contribution in [0.15, 0.2) is 30.6 Å². The quantitative estimate of drug-likeness (QED) is 0.765. The first kappa shape index (κ1) is 16.8. The van der Waals surface area contributed by atoms with Crippen molar-refractivity contribution in [3.05, 3.63) is 48.1 Å². The van der Waals surface area contributed by atoms with Crippen LogP contribution < -0.4 is 4.74 Å². The minimum atomic E-state index is -2.76. The van der Waals surface area contributed by atoms with Crippen LogP contribution in [-0.4, -0.2) is 34.0 Å². The molecule has 2 aromatic rings. The van der Waals surface area contributed by atoms with E-state index in [1.54, 1.807) is 0 Å². The number of likely N-dealkylation sites (N-methyl/N-ethyl adjacent to an activating group) is 1. The van der Waals surface area contributed by atoms with E-state index < -0.39 is 30.7 Å². The van der Waals surface area contributed by atoms with Crippen LogP contribution in [0.5, 0.6) is 5.75 Å². The second kappa shape index (κ2) is 7.12. The molecule has 1 aromatic heterocycles. The van der Waals surface area contributed by atoms with Gasteiger partial charge in [-0.25, -0.2) is 13.8 Å². The number of ether oxygens (including phenoxy) is 1. The van der Waals surface area contributed by atoms with Crippen LogP contribution in [0.4, 0.5) is 17.6 Å². The third-order valence-corrected chi connectivity index (χ3v) is 3.01. The lowest BCUT2D eigenvalue weighted by atomic mass is 10.3. The summed E-state index contributed by atoms with van der Waals surface area (Å²) in [6, 6.07) is 2.68. The highest BCUT2D eigenvalue weighted by Crippen LogP contribution is 2.18. The van der Waals surface area contributed by atoms with Gasteiger partial charge in [-0.3, -0.25) is 9.36 Å². The Bertz CT molecular complexity index is 690. The lowest BCUT2D eigenvalue weighted by Crippen LogP contribution is -2.32. The highest BCUT2D eigenvalue weighted by atomic mass is 19.3. The third-order valence-electron chi connectivity index (χ3n) is 3.01. The molecule has 1 aromatic carbocycles. The lowest BCUT2D eigenvalue weighted by Gasteiger charge is -2.18. The van der Waals surface area contributed by atoms with Crippen molar-refractivity contribution in [1.82, 2.24) is 14.5 Å². The zero-order chi connectivity index (χ0) is 17.0. The average molecular weight is 331 g/mol. The van der Waals surface area contributed by atoms with Gasteiger partial charge in [-0.1, -0.05) is 0 Å². The van der Waals surface area contributed by atoms with Crippen molar-refractivity contribution >= 4 is 5.91 Å². The summed E-state index contributed by atoms with van der Waals surface area (Å²) in [5.74, 6) is -2.55. The predicted octanol–water partition coefficient (Wildman–Crippen LogP) is 2.59. The molecule has 0 radical (unpaired) electrons. The smallest absolute Gasteiger partial charge is 0.319 e. The molecule has 0 N–H and O–H groups in total. The van der Waals surface area contributed by atoms with Crippen LogP contribution >= 0.6 is 0 Å². The third kappa shape index (κ3) is 4.21. The molecular formula is C14H13F4N3O2. The number of alkyl halides is 2. The Hall–Kier alpha value is -2.58. The molecule has 1 heterocycles. The summed E-state index contributed by atoms with van der Waals surface area (Å²) in [5, 5.41) is 0. The van der Waals surface area contributed by atoms with E-state index in [0.717, 1.165) is 23.2 Å². The normalized spacial score (nSPS) is 10.9. The molecule has 5 nitrogen and oxygen atoms in total. The van der Waals surface area contributed by atoms with E-state index in [1.165, 1.54) is 13.2 Å². The fourth-order valence-electron chi connectivity index (χ4n) is 1.79. The molecule has 0 saturated heterocycles. The van der Waals surface area contributed by atoms with Crippen molar-refractivity contribution in [2.75, 3.05) is 13.7 Å². The summed E-state index contributed by atoms with van der Waals surface area (Å²) < 4.78 is 57.1. The Morgan fingerprint density at radius 3 is 2.78 bits per heavy atom. The molecule has 0 unspecified atom stereocenters. The lowest BCUT2D eigenvalue weighted by molar-refractivity contribution is -0.132. The van der Waals surface area contributed by atoms with Gasteiger partial charge in [0.25, 0.3) is 5.91 Å². The number of hydrogen-bond acceptors (Lipinski definition) is 3. The summed E-state index contributed by atoms with van der Waals surface area (Å²) in [7, 11) is 1.37. The maximum absolute atomic E-state index is 13.4. The minimum Gasteiger partial charge on any atom is -0.481 e. The van der Waals surface area contributed by atoms with Gasteiger partial charge in [-0.05, 0) is 12.1 Å². The van der Waals surface area contributed by atoms with E-state index >= 15 is 0 Å². The topological polar surface area (TPSA) is 47.4 Å². The highest BCUT2D eigenvalue weighted by molar-refractivity contribution is 5.77. The molecule has 0 aliphatic carbocycles. The second-order valence-electron chi connectivity index (χ2n) is 4.64. The number of aromatic nitrogens is 2. The van der Waals surface area contributed by atoms with E-state index in [4.69, 9.17) is 4.74 Å². The molecule has 23 heavy (non-hydrogen) atoms. The van der Waals surface area contributed by atoms with Crippen molar-refractivity contribution in [3.8, 4) is 5.75 Å². The van der Waals surface area contributed by atoms with Crippen LogP contribution in [0, 0.1) is 11.6 Å². The van der Waals surface area contributed by atoms with E-state index in [0.29, 0.717) is 10.6 Å². The molecule has 0 aliphatic rings. The largest absolute Gasteiger partial charge is 0.481 e. The number of amides is 1. The summed E-state index contributed by atoms with van der Waals surface area (Å²) in [4.78, 5) is 16.7. The zero-order valence-electron chi connectivity index (χ0n) is 12.0. The number of halogens is 4. The molecule has 0 atom stereocenters. The Morgan fingerprint density at radius 2 is 2.13 bits per heavy atom. The molecule has 0 bridgehead atoms. The van der Waals surface area contributed by atoms with Crippen LogP contribution in [0.2, 0.25) is 0 Å². The van der Waals surface area contributed by atoms with Gasteiger partial charge in [0.1, 0.15) is 11.6 Å². The maximum Gasteiger partial charge on any atom is 0.319 e. The molecule has 0 spiro atoms. The fraction of sp³-hybridized carbons (Fsp3) is 0.286. The van der Waals surface area contributed by atoms with Crippen molar-refractivity contribution in [2.45, 2.75) is 13.1 Å². The Labute approximate surface area is 129 Å². The number of hydrogen-bond donors (Lipinski definition) is 0. The van der Waals surface area contributed by atoms with Gasteiger partial charge in [0.05, 0.1) is 6.54 Å². The minimum absolute atomic E-state index is 0.00353. The second-order valence-corrected chi connectivity index (χ2v) is 4.64. The molecule has 1 amide bonds. The molecule has 124 valence electrons. The Kier molecular flexibility index (Phi) is 5.20. The molecular weight excluding hydrogens is 318 g/mol. The zero-order valence-corrected chi connectivity index (χ0v) is 12.0. The molecule has 0 fully saturated rings. The standard InChI is InChI=1S/C14H13F4N3O2/c1-20(7-12-19-4-5-21(12)14(17)18)13(22)8-23-11-3-2-9(15)6-10(11)16/h2-6,14H,7-8H2,1H3. The van der Waals surface area contributed by atoms with E-state index in [1.807, 2.05) is 0 Å². The van der Waals surface area contributed by atoms with Crippen LogP contribution in [0.3, 0.4) is 0 Å². The molecule has 2 rings (SSSR count). The van der Waals surface area contributed by atoms with E-state index in [2.05, 4.69) is 4.98 Å².